The van der Waals surface area contributed by atoms with Gasteiger partial charge in [-0.1, -0.05) is 0 Å². The van der Waals surface area contributed by atoms with Crippen molar-refractivity contribution in [3.63, 3.8) is 0 Å². The number of nitrogens with zero attached hydrogens (tertiary/aromatic N) is 2. The first-order chi connectivity index (χ1) is 9.74. The molecule has 0 saturated carbocycles. The molecule has 0 fully saturated rings. The summed E-state index contributed by atoms with van der Waals surface area (Å²) >= 11 is 0. The van der Waals surface area contributed by atoms with Gasteiger partial charge in [0.1, 0.15) is 0 Å². The zero-order valence-electron chi connectivity index (χ0n) is 10.8. The molecule has 106 valence electrons. The maximum Gasteiger partial charge on any atom is 0.278 e. The fraction of sp³-hybridized carbons (Fsp3) is 0.308. The molecule has 0 spiro atoms. The molecule has 0 radical (unpaired) electrons. The summed E-state index contributed by atoms with van der Waals surface area (Å²) in [5, 5.41) is 24.0. The minimum atomic E-state index is -0.418. The fourth-order valence-corrected chi connectivity index (χ4v) is 1.91. The van der Waals surface area contributed by atoms with Gasteiger partial charge in [0.05, 0.1) is 30.1 Å². The molecule has 0 aliphatic carbocycles. The number of pyridine rings is 1. The van der Waals surface area contributed by atoms with Crippen molar-refractivity contribution in [2.45, 2.75) is 0 Å². The van der Waals surface area contributed by atoms with Crippen LogP contribution in [0.2, 0.25) is 0 Å². The summed E-state index contributed by atoms with van der Waals surface area (Å²) in [4.78, 5) is 14.5. The zero-order chi connectivity index (χ0) is 14.4. The number of hydrogen-bond donors (Lipinski definition) is 2. The molecule has 1 aromatic carbocycles. The number of nitrogens with one attached hydrogen (secondary N) is 1. The van der Waals surface area contributed by atoms with Gasteiger partial charge in [-0.15, -0.1) is 0 Å². The number of aliphatic hydroxyl groups is 1. The molecular weight excluding hydrogens is 262 g/mol. The second-order valence-corrected chi connectivity index (χ2v) is 4.07. The molecule has 1 heterocycles. The Morgan fingerprint density at radius 2 is 2.15 bits per heavy atom. The van der Waals surface area contributed by atoms with Gasteiger partial charge in [-0.2, -0.15) is 0 Å². The standard InChI is InChI=1S/C13H15N3O4/c17-6-8-20-7-5-15-12-1-2-13(16(18)19)11-9-14-4-3-10(11)12/h1-4,9,15,17H,5-8H2. The molecule has 0 atom stereocenters. The van der Waals surface area contributed by atoms with E-state index in [1.165, 1.54) is 12.3 Å². The molecule has 0 saturated heterocycles. The van der Waals surface area contributed by atoms with Crippen LogP contribution in [0.5, 0.6) is 0 Å². The Balaban J connectivity index is 2.18. The maximum absolute atomic E-state index is 11.0. The smallest absolute Gasteiger partial charge is 0.278 e. The van der Waals surface area contributed by atoms with Crippen LogP contribution >= 0.6 is 0 Å². The number of aromatic nitrogens is 1. The normalized spacial score (nSPS) is 10.7. The molecule has 2 N–H and O–H groups in total. The van der Waals surface area contributed by atoms with Crippen molar-refractivity contribution in [2.24, 2.45) is 0 Å². The summed E-state index contributed by atoms with van der Waals surface area (Å²) in [6.07, 6.45) is 3.08. The van der Waals surface area contributed by atoms with Crippen molar-refractivity contribution in [2.75, 3.05) is 31.7 Å². The highest BCUT2D eigenvalue weighted by Gasteiger charge is 2.13. The largest absolute Gasteiger partial charge is 0.394 e. The average Bonchev–Trinajstić information content (AvgIpc) is 2.46. The van der Waals surface area contributed by atoms with E-state index in [1.54, 1.807) is 18.3 Å². The number of benzene rings is 1. The van der Waals surface area contributed by atoms with Crippen molar-refractivity contribution < 1.29 is 14.8 Å². The zero-order valence-corrected chi connectivity index (χ0v) is 10.8. The van der Waals surface area contributed by atoms with E-state index in [-0.39, 0.29) is 12.3 Å². The number of nitro groups is 1. The lowest BCUT2D eigenvalue weighted by Gasteiger charge is -2.10. The number of rotatable bonds is 7. The van der Waals surface area contributed by atoms with Crippen LogP contribution in [0.15, 0.2) is 30.6 Å². The van der Waals surface area contributed by atoms with Crippen molar-refractivity contribution in [3.8, 4) is 0 Å². The summed E-state index contributed by atoms with van der Waals surface area (Å²) in [6, 6.07) is 4.87. The summed E-state index contributed by atoms with van der Waals surface area (Å²) in [6.45, 7) is 1.29. The van der Waals surface area contributed by atoms with Gasteiger partial charge >= 0.3 is 0 Å². The van der Waals surface area contributed by atoms with Crippen LogP contribution in [-0.2, 0) is 4.74 Å². The Morgan fingerprint density at radius 3 is 2.90 bits per heavy atom. The van der Waals surface area contributed by atoms with Gasteiger partial charge in [-0.05, 0) is 12.1 Å². The third kappa shape index (κ3) is 3.19. The molecule has 0 unspecified atom stereocenters. The number of aliphatic hydroxyl groups excluding tert-OH is 1. The quantitative estimate of drug-likeness (QED) is 0.453. The van der Waals surface area contributed by atoms with Crippen LogP contribution in [0, 0.1) is 10.1 Å². The van der Waals surface area contributed by atoms with Crippen molar-refractivity contribution in [3.05, 3.63) is 40.7 Å². The Bertz CT molecular complexity index is 603. The van der Waals surface area contributed by atoms with Gasteiger partial charge in [-0.25, -0.2) is 0 Å². The van der Waals surface area contributed by atoms with Crippen LogP contribution in [-0.4, -0.2) is 41.4 Å². The highest BCUT2D eigenvalue weighted by atomic mass is 16.6. The fourth-order valence-electron chi connectivity index (χ4n) is 1.91. The summed E-state index contributed by atoms with van der Waals surface area (Å²) < 4.78 is 5.15. The number of anilines is 1. The van der Waals surface area contributed by atoms with E-state index < -0.39 is 4.92 Å². The van der Waals surface area contributed by atoms with E-state index >= 15 is 0 Å². The first-order valence-corrected chi connectivity index (χ1v) is 6.17. The van der Waals surface area contributed by atoms with E-state index in [4.69, 9.17) is 9.84 Å². The molecule has 0 amide bonds. The molecule has 0 aliphatic heterocycles. The average molecular weight is 277 g/mol. The summed E-state index contributed by atoms with van der Waals surface area (Å²) in [7, 11) is 0. The maximum atomic E-state index is 11.0. The van der Waals surface area contributed by atoms with E-state index in [9.17, 15) is 10.1 Å². The predicted molar refractivity (Wildman–Crippen MR) is 74.8 cm³/mol. The highest BCUT2D eigenvalue weighted by molar-refractivity contribution is 5.99. The summed E-state index contributed by atoms with van der Waals surface area (Å²) in [5.74, 6) is 0. The molecule has 2 aromatic rings. The number of fused-ring (bicyclic) bond motifs is 1. The molecule has 0 bridgehead atoms. The molecule has 0 aliphatic rings. The molecule has 7 nitrogen and oxygen atoms in total. The monoisotopic (exact) mass is 277 g/mol. The first-order valence-electron chi connectivity index (χ1n) is 6.17. The van der Waals surface area contributed by atoms with Crippen LogP contribution < -0.4 is 5.32 Å². The Morgan fingerprint density at radius 1 is 1.30 bits per heavy atom. The van der Waals surface area contributed by atoms with Gasteiger partial charge in [0.25, 0.3) is 5.69 Å². The molecule has 20 heavy (non-hydrogen) atoms. The van der Waals surface area contributed by atoms with E-state index in [0.29, 0.717) is 25.1 Å². The van der Waals surface area contributed by atoms with Gasteiger partial charge in [0, 0.05) is 36.1 Å². The second-order valence-electron chi connectivity index (χ2n) is 4.07. The van der Waals surface area contributed by atoms with Crippen LogP contribution in [0.1, 0.15) is 0 Å². The third-order valence-corrected chi connectivity index (χ3v) is 2.79. The number of ether oxygens (including phenoxy) is 1. The minimum absolute atomic E-state index is 0.00781. The lowest BCUT2D eigenvalue weighted by molar-refractivity contribution is -0.383. The SMILES string of the molecule is O=[N+]([O-])c1ccc(NCCOCCO)c2ccncc12. The topological polar surface area (TPSA) is 97.5 Å². The van der Waals surface area contributed by atoms with E-state index in [2.05, 4.69) is 10.3 Å². The van der Waals surface area contributed by atoms with Gasteiger partial charge in [0.2, 0.25) is 0 Å². The van der Waals surface area contributed by atoms with Crippen molar-refractivity contribution in [1.29, 1.82) is 0 Å². The van der Waals surface area contributed by atoms with Crippen LogP contribution in [0.4, 0.5) is 11.4 Å². The number of hydrogen-bond acceptors (Lipinski definition) is 6. The third-order valence-electron chi connectivity index (χ3n) is 2.79. The number of nitro benzene ring substituents is 1. The highest BCUT2D eigenvalue weighted by Crippen LogP contribution is 2.30. The second kappa shape index (κ2) is 6.78. The minimum Gasteiger partial charge on any atom is -0.394 e. The van der Waals surface area contributed by atoms with Gasteiger partial charge in [0.15, 0.2) is 0 Å². The number of non-ortho nitro benzene ring substituents is 1. The summed E-state index contributed by atoms with van der Waals surface area (Å²) in [5.41, 5.74) is 0.829. The molecule has 7 heteroatoms. The molecule has 1 aromatic heterocycles. The van der Waals surface area contributed by atoms with Crippen LogP contribution in [0.25, 0.3) is 10.8 Å². The Labute approximate surface area is 115 Å². The first kappa shape index (κ1) is 14.2. The Hall–Kier alpha value is -2.25. The predicted octanol–water partition coefficient (Wildman–Crippen LogP) is 1.56. The van der Waals surface area contributed by atoms with Crippen LogP contribution in [0.3, 0.4) is 0 Å². The van der Waals surface area contributed by atoms with Gasteiger partial charge < -0.3 is 15.2 Å². The molecule has 2 rings (SSSR count). The van der Waals surface area contributed by atoms with Gasteiger partial charge in [-0.3, -0.25) is 15.1 Å². The van der Waals surface area contributed by atoms with Crippen molar-refractivity contribution in [1.82, 2.24) is 4.98 Å². The Kier molecular flexibility index (Phi) is 4.80. The van der Waals surface area contributed by atoms with E-state index in [1.807, 2.05) is 0 Å². The molecular formula is C13H15N3O4. The van der Waals surface area contributed by atoms with E-state index in [0.717, 1.165) is 11.1 Å². The lowest BCUT2D eigenvalue weighted by Crippen LogP contribution is -2.11. The lowest BCUT2D eigenvalue weighted by atomic mass is 10.1. The van der Waals surface area contributed by atoms with Crippen molar-refractivity contribution >= 4 is 22.1 Å².